The standard InChI is InChI=1S/C14H13ClFN5.C6H12O2.C4H8O/c1-7(2)21-6-19-13-10(16)3-8(4-11(13)21)12-9(15)5-18-14(17)20-12;7-6-3-1-2-4-8-5-6;1-2-4-5-3-1/h3-7H,1-2H3,(H2,17,18,20);6-7H,1-5H2;1-4H2. The number of aliphatic hydroxyl groups excluding tert-OH is 1. The van der Waals surface area contributed by atoms with E-state index in [2.05, 4.69) is 15.0 Å². The molecule has 1 aromatic carbocycles. The quantitative estimate of drug-likeness (QED) is 0.528. The highest BCUT2D eigenvalue weighted by Crippen LogP contribution is 2.30. The molecule has 3 N–H and O–H groups in total. The highest BCUT2D eigenvalue weighted by molar-refractivity contribution is 6.33. The second kappa shape index (κ2) is 12.9. The van der Waals surface area contributed by atoms with Gasteiger partial charge in [0.2, 0.25) is 5.95 Å². The van der Waals surface area contributed by atoms with Crippen molar-refractivity contribution >= 4 is 28.6 Å². The molecule has 0 aliphatic carbocycles. The fraction of sp³-hybridized carbons (Fsp3) is 0.542. The fourth-order valence-corrected chi connectivity index (χ4v) is 3.82. The Hall–Kier alpha value is -2.33. The summed E-state index contributed by atoms with van der Waals surface area (Å²) in [6.07, 6.45) is 8.52. The Bertz CT molecular complexity index is 1040. The van der Waals surface area contributed by atoms with Crippen LogP contribution in [0.1, 0.15) is 52.0 Å². The number of aromatic nitrogens is 4. The van der Waals surface area contributed by atoms with Gasteiger partial charge < -0.3 is 24.9 Å². The highest BCUT2D eigenvalue weighted by Gasteiger charge is 2.15. The van der Waals surface area contributed by atoms with E-state index in [1.165, 1.54) is 25.1 Å². The van der Waals surface area contributed by atoms with Gasteiger partial charge in [-0.05, 0) is 58.1 Å². The molecule has 8 nitrogen and oxygen atoms in total. The second-order valence-electron chi connectivity index (χ2n) is 8.54. The summed E-state index contributed by atoms with van der Waals surface area (Å²) in [5.74, 6) is -0.331. The van der Waals surface area contributed by atoms with Crippen LogP contribution in [0.2, 0.25) is 5.02 Å². The topological polar surface area (TPSA) is 108 Å². The maximum atomic E-state index is 14.2. The Labute approximate surface area is 204 Å². The van der Waals surface area contributed by atoms with Crippen molar-refractivity contribution in [1.82, 2.24) is 19.5 Å². The lowest BCUT2D eigenvalue weighted by Gasteiger charge is -2.10. The van der Waals surface area contributed by atoms with Gasteiger partial charge in [-0.15, -0.1) is 0 Å². The number of fused-ring (bicyclic) bond motifs is 1. The number of benzene rings is 1. The molecular formula is C24H33ClFN5O3. The SMILES string of the molecule is C1CCOC1.CC(C)n1cnc2c(F)cc(-c3nc(N)ncc3Cl)cc21.OC1CCCCOC1. The zero-order valence-corrected chi connectivity index (χ0v) is 20.5. The van der Waals surface area contributed by atoms with Crippen LogP contribution in [0.3, 0.4) is 0 Å². The van der Waals surface area contributed by atoms with Gasteiger partial charge in [-0.3, -0.25) is 0 Å². The molecule has 1 unspecified atom stereocenters. The Balaban J connectivity index is 0.000000202. The fourth-order valence-electron chi connectivity index (χ4n) is 3.62. The third-order valence-electron chi connectivity index (χ3n) is 5.44. The molecule has 2 saturated heterocycles. The molecule has 2 aromatic heterocycles. The summed E-state index contributed by atoms with van der Waals surface area (Å²) in [4.78, 5) is 12.0. The number of halogens is 2. The molecule has 2 aliphatic heterocycles. The molecule has 0 amide bonds. The van der Waals surface area contributed by atoms with E-state index in [1.54, 1.807) is 12.4 Å². The molecule has 1 atom stereocenters. The summed E-state index contributed by atoms with van der Waals surface area (Å²) in [7, 11) is 0. The molecule has 34 heavy (non-hydrogen) atoms. The van der Waals surface area contributed by atoms with Gasteiger partial charge in [0, 0.05) is 31.4 Å². The molecule has 0 radical (unpaired) electrons. The van der Waals surface area contributed by atoms with Crippen molar-refractivity contribution in [1.29, 1.82) is 0 Å². The molecular weight excluding hydrogens is 461 g/mol. The second-order valence-corrected chi connectivity index (χ2v) is 8.95. The monoisotopic (exact) mass is 493 g/mol. The van der Waals surface area contributed by atoms with Crippen molar-refractivity contribution in [2.24, 2.45) is 0 Å². The number of ether oxygens (including phenoxy) is 2. The predicted molar refractivity (Wildman–Crippen MR) is 131 cm³/mol. The zero-order valence-electron chi connectivity index (χ0n) is 19.7. The van der Waals surface area contributed by atoms with Crippen LogP contribution in [0, 0.1) is 5.82 Å². The van der Waals surface area contributed by atoms with Crippen molar-refractivity contribution in [2.75, 3.05) is 32.2 Å². The van der Waals surface area contributed by atoms with Gasteiger partial charge in [0.15, 0.2) is 5.82 Å². The van der Waals surface area contributed by atoms with Crippen LogP contribution in [-0.2, 0) is 9.47 Å². The lowest BCUT2D eigenvalue weighted by molar-refractivity contribution is 0.0512. The normalized spacial score (nSPS) is 18.1. The van der Waals surface area contributed by atoms with E-state index >= 15 is 0 Å². The zero-order chi connectivity index (χ0) is 24.5. The summed E-state index contributed by atoms with van der Waals surface area (Å²) >= 11 is 6.09. The van der Waals surface area contributed by atoms with Gasteiger partial charge in [0.05, 0.1) is 41.5 Å². The van der Waals surface area contributed by atoms with E-state index < -0.39 is 5.82 Å². The number of imidazole rings is 1. The minimum Gasteiger partial charge on any atom is -0.391 e. The van der Waals surface area contributed by atoms with E-state index in [0.29, 0.717) is 33.9 Å². The lowest BCUT2D eigenvalue weighted by Crippen LogP contribution is -2.11. The van der Waals surface area contributed by atoms with Crippen LogP contribution in [0.25, 0.3) is 22.3 Å². The number of nitrogens with two attached hydrogens (primary N) is 1. The average molecular weight is 494 g/mol. The maximum absolute atomic E-state index is 14.2. The van der Waals surface area contributed by atoms with Crippen LogP contribution in [0.4, 0.5) is 10.3 Å². The minimum absolute atomic E-state index is 0.0901. The highest BCUT2D eigenvalue weighted by atomic mass is 35.5. The molecule has 0 bridgehead atoms. The summed E-state index contributed by atoms with van der Waals surface area (Å²) in [6.45, 7) is 7.37. The first-order valence-corrected chi connectivity index (χ1v) is 12.0. The molecule has 3 aromatic rings. The Morgan fingerprint density at radius 1 is 1.12 bits per heavy atom. The van der Waals surface area contributed by atoms with Crippen molar-refractivity contribution in [3.63, 3.8) is 0 Å². The van der Waals surface area contributed by atoms with Gasteiger partial charge in [-0.2, -0.15) is 0 Å². The van der Waals surface area contributed by atoms with Crippen LogP contribution in [0.15, 0.2) is 24.7 Å². The molecule has 186 valence electrons. The van der Waals surface area contributed by atoms with Crippen LogP contribution < -0.4 is 5.73 Å². The van der Waals surface area contributed by atoms with Crippen molar-refractivity contribution in [2.45, 2.75) is 58.1 Å². The number of nitrogen functional groups attached to an aromatic ring is 1. The maximum Gasteiger partial charge on any atom is 0.220 e. The first-order chi connectivity index (χ1) is 16.4. The number of nitrogens with zero attached hydrogens (tertiary/aromatic N) is 4. The van der Waals surface area contributed by atoms with Gasteiger partial charge in [0.25, 0.3) is 0 Å². The minimum atomic E-state index is -0.421. The van der Waals surface area contributed by atoms with Crippen molar-refractivity contribution in [3.8, 4) is 11.3 Å². The molecule has 0 spiro atoms. The molecule has 4 heterocycles. The third-order valence-corrected chi connectivity index (χ3v) is 5.72. The van der Waals surface area contributed by atoms with Gasteiger partial charge in [-0.25, -0.2) is 19.3 Å². The number of hydrogen-bond acceptors (Lipinski definition) is 7. The van der Waals surface area contributed by atoms with Gasteiger partial charge >= 0.3 is 0 Å². The Morgan fingerprint density at radius 2 is 1.82 bits per heavy atom. The molecule has 0 saturated carbocycles. The van der Waals surface area contributed by atoms with Crippen LogP contribution in [-0.4, -0.2) is 57.2 Å². The Kier molecular flexibility index (Phi) is 10.0. The number of anilines is 1. The van der Waals surface area contributed by atoms with E-state index in [-0.39, 0.29) is 18.1 Å². The summed E-state index contributed by atoms with van der Waals surface area (Å²) in [5.41, 5.74) is 7.54. The molecule has 10 heteroatoms. The number of aliphatic hydroxyl groups is 1. The van der Waals surface area contributed by atoms with E-state index in [0.717, 1.165) is 39.1 Å². The number of hydrogen-bond donors (Lipinski definition) is 2. The molecule has 2 aliphatic rings. The van der Waals surface area contributed by atoms with Gasteiger partial charge in [0.1, 0.15) is 5.52 Å². The molecule has 2 fully saturated rings. The summed E-state index contributed by atoms with van der Waals surface area (Å²) in [6, 6.07) is 3.32. The predicted octanol–water partition coefficient (Wildman–Crippen LogP) is 4.79. The molecule has 5 rings (SSSR count). The first kappa shape index (κ1) is 26.3. The van der Waals surface area contributed by atoms with Crippen molar-refractivity contribution < 1.29 is 19.0 Å². The number of rotatable bonds is 2. The Morgan fingerprint density at radius 3 is 2.50 bits per heavy atom. The smallest absolute Gasteiger partial charge is 0.220 e. The first-order valence-electron chi connectivity index (χ1n) is 11.6. The van der Waals surface area contributed by atoms with Crippen molar-refractivity contribution in [3.05, 3.63) is 35.5 Å². The van der Waals surface area contributed by atoms with E-state index in [4.69, 9.17) is 31.9 Å². The van der Waals surface area contributed by atoms with Gasteiger partial charge in [-0.1, -0.05) is 11.6 Å². The summed E-state index contributed by atoms with van der Waals surface area (Å²) < 4.78 is 26.1. The van der Waals surface area contributed by atoms with E-state index in [9.17, 15) is 4.39 Å². The average Bonchev–Trinajstić information content (AvgIpc) is 3.47. The van der Waals surface area contributed by atoms with E-state index in [1.807, 2.05) is 18.4 Å². The summed E-state index contributed by atoms with van der Waals surface area (Å²) in [5, 5.41) is 9.28. The van der Waals surface area contributed by atoms with Crippen LogP contribution in [0.5, 0.6) is 0 Å². The van der Waals surface area contributed by atoms with Crippen LogP contribution >= 0.6 is 11.6 Å². The largest absolute Gasteiger partial charge is 0.391 e. The lowest BCUT2D eigenvalue weighted by atomic mass is 10.1. The third kappa shape index (κ3) is 7.33.